The number of ether oxygens (including phenoxy) is 3. The molecule has 0 aliphatic carbocycles. The summed E-state index contributed by atoms with van der Waals surface area (Å²) in [6.07, 6.45) is 61.3. The highest BCUT2D eigenvalue weighted by Gasteiger charge is 2.28. The lowest BCUT2D eigenvalue weighted by Gasteiger charge is -2.21. The van der Waals surface area contributed by atoms with Crippen molar-refractivity contribution in [2.75, 3.05) is 26.4 Å². The fraction of sp³-hybridized carbons (Fsp3) is 0.717. The molecular weight excluding hydrogens is 928 g/mol. The van der Waals surface area contributed by atoms with Gasteiger partial charge in [0.15, 0.2) is 6.10 Å². The molecule has 414 valence electrons. The maximum atomic E-state index is 12.9. The lowest BCUT2D eigenvalue weighted by Crippen LogP contribution is -2.30. The van der Waals surface area contributed by atoms with Crippen molar-refractivity contribution < 1.29 is 52.2 Å². The van der Waals surface area contributed by atoms with Crippen molar-refractivity contribution in [3.8, 4) is 0 Å². The van der Waals surface area contributed by atoms with E-state index in [0.717, 1.165) is 96.3 Å². The fourth-order valence-electron chi connectivity index (χ4n) is 7.49. The third-order valence-corrected chi connectivity index (χ3v) is 12.8. The van der Waals surface area contributed by atoms with Gasteiger partial charge in [-0.05, 0) is 83.5 Å². The van der Waals surface area contributed by atoms with Gasteiger partial charge in [-0.15, -0.1) is 0 Å². The number of hydrogen-bond donors (Lipinski definition) is 2. The van der Waals surface area contributed by atoms with E-state index in [-0.39, 0.29) is 25.9 Å². The summed E-state index contributed by atoms with van der Waals surface area (Å²) in [5.41, 5.74) is 0. The Labute approximate surface area is 439 Å². The minimum absolute atomic E-state index is 0.0979. The minimum Gasteiger partial charge on any atom is -0.462 e. The summed E-state index contributed by atoms with van der Waals surface area (Å²) in [5.74, 6) is -1.57. The number of allylic oxidation sites excluding steroid dienone is 14. The van der Waals surface area contributed by atoms with E-state index in [0.29, 0.717) is 19.3 Å². The van der Waals surface area contributed by atoms with E-state index in [2.05, 4.69) is 93.7 Å². The lowest BCUT2D eigenvalue weighted by molar-refractivity contribution is -0.161. The molecule has 0 spiro atoms. The first-order valence-corrected chi connectivity index (χ1v) is 30.0. The van der Waals surface area contributed by atoms with Gasteiger partial charge in [-0.25, -0.2) is 4.57 Å². The Bertz CT molecular complexity index is 1530. The van der Waals surface area contributed by atoms with Crippen molar-refractivity contribution >= 4 is 25.7 Å². The van der Waals surface area contributed by atoms with E-state index >= 15 is 0 Å². The van der Waals surface area contributed by atoms with Crippen LogP contribution in [0.5, 0.6) is 0 Å². The molecule has 72 heavy (non-hydrogen) atoms. The Kier molecular flexibility index (Phi) is 51.4. The zero-order valence-electron chi connectivity index (χ0n) is 45.6. The van der Waals surface area contributed by atoms with Crippen molar-refractivity contribution in [2.45, 2.75) is 251 Å². The van der Waals surface area contributed by atoms with E-state index in [1.807, 2.05) is 12.2 Å². The molecule has 3 atom stereocenters. The van der Waals surface area contributed by atoms with Gasteiger partial charge >= 0.3 is 25.7 Å². The summed E-state index contributed by atoms with van der Waals surface area (Å²) in [6, 6.07) is 0. The van der Waals surface area contributed by atoms with Crippen LogP contribution in [0, 0.1) is 0 Å². The predicted molar refractivity (Wildman–Crippen MR) is 298 cm³/mol. The Hall–Kier alpha value is -3.34. The molecule has 0 heterocycles. The molecule has 11 nitrogen and oxygen atoms in total. The molecule has 0 amide bonds. The number of phosphoric acid groups is 1. The van der Waals surface area contributed by atoms with Crippen LogP contribution in [-0.4, -0.2) is 66.5 Å². The zero-order valence-corrected chi connectivity index (χ0v) is 46.5. The number of unbranched alkanes of at least 4 members (excludes halogenated alkanes) is 21. The maximum Gasteiger partial charge on any atom is 0.472 e. The molecular formula is C60H103O11P. The predicted octanol–water partition coefficient (Wildman–Crippen LogP) is 16.7. The van der Waals surface area contributed by atoms with Crippen LogP contribution in [0.2, 0.25) is 0 Å². The van der Waals surface area contributed by atoms with Crippen LogP contribution in [0.15, 0.2) is 85.1 Å². The smallest absolute Gasteiger partial charge is 0.462 e. The summed E-state index contributed by atoms with van der Waals surface area (Å²) in [5, 5.41) is 9.80. The van der Waals surface area contributed by atoms with Crippen LogP contribution in [0.3, 0.4) is 0 Å². The van der Waals surface area contributed by atoms with E-state index in [4.69, 9.17) is 23.3 Å². The second-order valence-electron chi connectivity index (χ2n) is 18.7. The molecule has 0 fully saturated rings. The first kappa shape index (κ1) is 68.7. The average molecular weight is 1030 g/mol. The molecule has 0 aliphatic rings. The quantitative estimate of drug-likeness (QED) is 0.0197. The van der Waals surface area contributed by atoms with Gasteiger partial charge in [-0.2, -0.15) is 0 Å². The second kappa shape index (κ2) is 53.9. The van der Waals surface area contributed by atoms with Crippen LogP contribution >= 0.6 is 7.82 Å². The lowest BCUT2D eigenvalue weighted by atomic mass is 10.0. The molecule has 0 aliphatic heterocycles. The van der Waals surface area contributed by atoms with Gasteiger partial charge in [0.1, 0.15) is 12.7 Å². The average Bonchev–Trinajstić information content (AvgIpc) is 3.37. The Morgan fingerprint density at radius 2 is 0.750 bits per heavy atom. The monoisotopic (exact) mass is 1030 g/mol. The molecule has 0 saturated heterocycles. The van der Waals surface area contributed by atoms with Crippen LogP contribution in [0.25, 0.3) is 0 Å². The van der Waals surface area contributed by atoms with Crippen molar-refractivity contribution in [3.63, 3.8) is 0 Å². The van der Waals surface area contributed by atoms with E-state index in [1.54, 1.807) is 0 Å². The van der Waals surface area contributed by atoms with Gasteiger partial charge < -0.3 is 24.2 Å². The maximum absolute atomic E-state index is 12.9. The molecule has 0 rings (SSSR count). The topological polar surface area (TPSA) is 155 Å². The molecule has 0 radical (unpaired) electrons. The number of carbonyl (C=O) groups is 3. The first-order valence-electron chi connectivity index (χ1n) is 28.5. The van der Waals surface area contributed by atoms with E-state index in [1.165, 1.54) is 83.5 Å². The number of aliphatic hydroxyl groups is 1. The summed E-state index contributed by atoms with van der Waals surface area (Å²) in [7, 11) is -4.76. The largest absolute Gasteiger partial charge is 0.472 e. The second-order valence-corrected chi connectivity index (χ2v) is 20.2. The summed E-state index contributed by atoms with van der Waals surface area (Å²) in [4.78, 5) is 48.4. The van der Waals surface area contributed by atoms with Crippen LogP contribution in [-0.2, 0) is 42.2 Å². The van der Waals surface area contributed by atoms with Crippen molar-refractivity contribution in [1.82, 2.24) is 0 Å². The summed E-state index contributed by atoms with van der Waals surface area (Å²) < 4.78 is 39.4. The van der Waals surface area contributed by atoms with Crippen molar-refractivity contribution in [3.05, 3.63) is 85.1 Å². The van der Waals surface area contributed by atoms with Crippen molar-refractivity contribution in [2.24, 2.45) is 0 Å². The third kappa shape index (κ3) is 51.6. The molecule has 3 unspecified atom stereocenters. The Morgan fingerprint density at radius 3 is 1.18 bits per heavy atom. The standard InChI is InChI=1S/C60H103O11P/c1-4-7-10-13-16-19-22-25-26-27-28-29-30-33-34-37-40-43-46-49-58(62)67-53-57(71-60(64)51-48-45-42-39-36-32-24-21-18-15-12-9-6-3)55-69-72(65,66)68-54-56(52-61)70-59(63)50-47-44-41-38-35-31-23-20-17-14-11-8-5-2/h7,10,16,19,21,24-26,28-29,33-34,40,43,56-57,61H,4-6,8-9,11-15,17-18,20,22-23,27,30-32,35-39,41-42,44-55H2,1-3H3,(H,65,66)/b10-7-,19-16-,24-21-,26-25-,29-28-,34-33-,43-40-. The van der Waals surface area contributed by atoms with Gasteiger partial charge in [0.2, 0.25) is 0 Å². The highest BCUT2D eigenvalue weighted by molar-refractivity contribution is 7.47. The van der Waals surface area contributed by atoms with Crippen LogP contribution < -0.4 is 0 Å². The van der Waals surface area contributed by atoms with Gasteiger partial charge in [0.05, 0.1) is 19.8 Å². The molecule has 12 heteroatoms. The molecule has 0 aromatic carbocycles. The van der Waals surface area contributed by atoms with Crippen LogP contribution in [0.4, 0.5) is 0 Å². The van der Waals surface area contributed by atoms with Gasteiger partial charge in [0, 0.05) is 19.3 Å². The zero-order chi connectivity index (χ0) is 52.7. The van der Waals surface area contributed by atoms with Crippen LogP contribution in [0.1, 0.15) is 239 Å². The SMILES string of the molecule is CC/C=C\C/C=C\C/C=C\C/C=C\C/C=C\C/C=C\CCC(=O)OCC(COP(=O)(O)OCC(CO)OC(=O)CCCCCCCCCCCCCCC)OC(=O)CCCCCCC/C=C\CCCCCC. The third-order valence-electron chi connectivity index (χ3n) is 11.8. The van der Waals surface area contributed by atoms with Crippen molar-refractivity contribution in [1.29, 1.82) is 0 Å². The number of carbonyl (C=O) groups excluding carboxylic acids is 3. The number of esters is 3. The minimum atomic E-state index is -4.76. The first-order chi connectivity index (χ1) is 35.2. The number of aliphatic hydroxyl groups excluding tert-OH is 1. The Balaban J connectivity index is 4.82. The molecule has 2 N–H and O–H groups in total. The highest BCUT2D eigenvalue weighted by atomic mass is 31.2. The molecule has 0 bridgehead atoms. The molecule has 0 aromatic heterocycles. The summed E-state index contributed by atoms with van der Waals surface area (Å²) in [6.45, 7) is 4.42. The van der Waals surface area contributed by atoms with Gasteiger partial charge in [-0.1, -0.05) is 221 Å². The van der Waals surface area contributed by atoms with E-state index < -0.39 is 57.8 Å². The molecule has 0 saturated carbocycles. The highest BCUT2D eigenvalue weighted by Crippen LogP contribution is 2.43. The number of rotatable bonds is 52. The number of phosphoric ester groups is 1. The molecule has 0 aromatic rings. The Morgan fingerprint density at radius 1 is 0.403 bits per heavy atom. The fourth-order valence-corrected chi connectivity index (χ4v) is 8.28. The van der Waals surface area contributed by atoms with Gasteiger partial charge in [-0.3, -0.25) is 23.4 Å². The normalized spacial score (nSPS) is 14.0. The number of hydrogen-bond acceptors (Lipinski definition) is 10. The van der Waals surface area contributed by atoms with Gasteiger partial charge in [0.25, 0.3) is 0 Å². The summed E-state index contributed by atoms with van der Waals surface area (Å²) >= 11 is 0. The van der Waals surface area contributed by atoms with E-state index in [9.17, 15) is 28.9 Å².